The minimum Gasteiger partial charge on any atom is -0.481 e. The summed E-state index contributed by atoms with van der Waals surface area (Å²) in [6, 6.07) is 10.7. The van der Waals surface area contributed by atoms with Crippen molar-refractivity contribution in [1.82, 2.24) is 9.88 Å². The van der Waals surface area contributed by atoms with Crippen LogP contribution in [0.4, 0.5) is 0 Å². The third-order valence-electron chi connectivity index (χ3n) is 4.70. The number of piperidine rings is 1. The Bertz CT molecular complexity index is 607. The molecular formula is C18H22N2O2S. The molecule has 4 nitrogen and oxygen atoms in total. The Morgan fingerprint density at radius 2 is 2.04 bits per heavy atom. The standard InChI is InChI=1S/C18H22N2O2S/c21-18(22)16(17-12-23-13-19-17)8-11-20-9-6-15(7-10-20)14-4-2-1-3-5-14/h1-5,12-13,15-16H,6-11H2,(H,21,22). The number of thiazole rings is 1. The molecule has 1 N–H and O–H groups in total. The number of nitrogens with zero attached hydrogens (tertiary/aromatic N) is 2. The van der Waals surface area contributed by atoms with Gasteiger partial charge in [0.2, 0.25) is 0 Å². The van der Waals surface area contributed by atoms with Crippen molar-refractivity contribution >= 4 is 17.3 Å². The van der Waals surface area contributed by atoms with E-state index >= 15 is 0 Å². The molecule has 2 heterocycles. The lowest BCUT2D eigenvalue weighted by Crippen LogP contribution is -2.34. The smallest absolute Gasteiger partial charge is 0.312 e. The normalized spacial score (nSPS) is 17.9. The first-order chi connectivity index (χ1) is 11.2. The number of benzene rings is 1. The topological polar surface area (TPSA) is 53.4 Å². The molecule has 1 aromatic heterocycles. The van der Waals surface area contributed by atoms with E-state index in [2.05, 4.69) is 40.2 Å². The van der Waals surface area contributed by atoms with Crippen LogP contribution < -0.4 is 0 Å². The van der Waals surface area contributed by atoms with Crippen LogP contribution in [0, 0.1) is 0 Å². The Kier molecular flexibility index (Phi) is 5.41. The summed E-state index contributed by atoms with van der Waals surface area (Å²) < 4.78 is 0. The average molecular weight is 330 g/mol. The minimum absolute atomic E-state index is 0.479. The van der Waals surface area contributed by atoms with E-state index in [9.17, 15) is 9.90 Å². The highest BCUT2D eigenvalue weighted by Gasteiger charge is 2.25. The molecule has 1 unspecified atom stereocenters. The number of carboxylic acids is 1. The molecule has 122 valence electrons. The molecule has 0 radical (unpaired) electrons. The highest BCUT2D eigenvalue weighted by atomic mass is 32.1. The SMILES string of the molecule is O=C(O)C(CCN1CCC(c2ccccc2)CC1)c1cscn1. The van der Waals surface area contributed by atoms with E-state index < -0.39 is 11.9 Å². The summed E-state index contributed by atoms with van der Waals surface area (Å²) >= 11 is 1.46. The van der Waals surface area contributed by atoms with E-state index in [0.29, 0.717) is 18.0 Å². The van der Waals surface area contributed by atoms with E-state index in [4.69, 9.17) is 0 Å². The summed E-state index contributed by atoms with van der Waals surface area (Å²) in [7, 11) is 0. The Morgan fingerprint density at radius 1 is 1.30 bits per heavy atom. The molecule has 3 rings (SSSR count). The van der Waals surface area contributed by atoms with Crippen LogP contribution in [-0.2, 0) is 4.79 Å². The predicted molar refractivity (Wildman–Crippen MR) is 92.0 cm³/mol. The van der Waals surface area contributed by atoms with Crippen molar-refractivity contribution in [1.29, 1.82) is 0 Å². The second kappa shape index (κ2) is 7.70. The van der Waals surface area contributed by atoms with E-state index in [-0.39, 0.29) is 0 Å². The number of hydrogen-bond donors (Lipinski definition) is 1. The molecule has 1 aliphatic rings. The number of carbonyl (C=O) groups is 1. The van der Waals surface area contributed by atoms with Crippen LogP contribution in [0.2, 0.25) is 0 Å². The van der Waals surface area contributed by atoms with Gasteiger partial charge in [0, 0.05) is 5.38 Å². The summed E-state index contributed by atoms with van der Waals surface area (Å²) in [6.07, 6.45) is 2.94. The minimum atomic E-state index is -0.768. The molecular weight excluding hydrogens is 308 g/mol. The number of hydrogen-bond acceptors (Lipinski definition) is 4. The molecule has 1 atom stereocenters. The van der Waals surface area contributed by atoms with Crippen molar-refractivity contribution in [2.75, 3.05) is 19.6 Å². The highest BCUT2D eigenvalue weighted by molar-refractivity contribution is 7.07. The van der Waals surface area contributed by atoms with Crippen molar-refractivity contribution in [2.24, 2.45) is 0 Å². The molecule has 0 spiro atoms. The first kappa shape index (κ1) is 16.1. The first-order valence-electron chi connectivity index (χ1n) is 8.12. The largest absolute Gasteiger partial charge is 0.481 e. The van der Waals surface area contributed by atoms with Gasteiger partial charge in [-0.25, -0.2) is 4.98 Å². The number of aromatic nitrogens is 1. The molecule has 0 aliphatic carbocycles. The molecule has 5 heteroatoms. The Morgan fingerprint density at radius 3 is 2.65 bits per heavy atom. The van der Waals surface area contributed by atoms with Gasteiger partial charge in [0.25, 0.3) is 0 Å². The monoisotopic (exact) mass is 330 g/mol. The Hall–Kier alpha value is -1.72. The summed E-state index contributed by atoms with van der Waals surface area (Å²) in [4.78, 5) is 18.0. The Balaban J connectivity index is 1.50. The Labute approximate surface area is 140 Å². The van der Waals surface area contributed by atoms with Gasteiger partial charge in [-0.15, -0.1) is 11.3 Å². The molecule has 23 heavy (non-hydrogen) atoms. The lowest BCUT2D eigenvalue weighted by atomic mass is 9.89. The number of likely N-dealkylation sites (tertiary alicyclic amines) is 1. The average Bonchev–Trinajstić information content (AvgIpc) is 3.10. The fraction of sp³-hybridized carbons (Fsp3) is 0.444. The van der Waals surface area contributed by atoms with Crippen LogP contribution in [0.3, 0.4) is 0 Å². The third kappa shape index (κ3) is 4.18. The van der Waals surface area contributed by atoms with Gasteiger partial charge >= 0.3 is 5.97 Å². The van der Waals surface area contributed by atoms with Gasteiger partial charge in [0.1, 0.15) is 5.92 Å². The maximum Gasteiger partial charge on any atom is 0.312 e. The zero-order valence-corrected chi connectivity index (χ0v) is 13.9. The van der Waals surface area contributed by atoms with E-state index in [1.54, 1.807) is 5.51 Å². The van der Waals surface area contributed by atoms with Crippen molar-refractivity contribution < 1.29 is 9.90 Å². The fourth-order valence-corrected chi connectivity index (χ4v) is 3.93. The van der Waals surface area contributed by atoms with Crippen LogP contribution >= 0.6 is 11.3 Å². The van der Waals surface area contributed by atoms with Crippen molar-refractivity contribution in [3.05, 3.63) is 52.5 Å². The van der Waals surface area contributed by atoms with Crippen molar-refractivity contribution in [3.63, 3.8) is 0 Å². The van der Waals surface area contributed by atoms with Crippen LogP contribution in [0.25, 0.3) is 0 Å². The van der Waals surface area contributed by atoms with E-state index in [1.807, 2.05) is 5.38 Å². The zero-order chi connectivity index (χ0) is 16.1. The van der Waals surface area contributed by atoms with E-state index in [0.717, 1.165) is 32.5 Å². The van der Waals surface area contributed by atoms with Gasteiger partial charge in [-0.3, -0.25) is 4.79 Å². The molecule has 0 amide bonds. The lowest BCUT2D eigenvalue weighted by Gasteiger charge is -2.32. The van der Waals surface area contributed by atoms with Crippen LogP contribution in [-0.4, -0.2) is 40.6 Å². The fourth-order valence-electron chi connectivity index (χ4n) is 3.32. The molecule has 1 saturated heterocycles. The molecule has 1 aromatic carbocycles. The lowest BCUT2D eigenvalue weighted by molar-refractivity contribution is -0.139. The predicted octanol–water partition coefficient (Wildman–Crippen LogP) is 3.58. The zero-order valence-electron chi connectivity index (χ0n) is 13.1. The van der Waals surface area contributed by atoms with Gasteiger partial charge in [0.15, 0.2) is 0 Å². The van der Waals surface area contributed by atoms with Crippen molar-refractivity contribution in [2.45, 2.75) is 31.1 Å². The number of rotatable bonds is 6. The molecule has 0 bridgehead atoms. The van der Waals surface area contributed by atoms with Crippen LogP contribution in [0.15, 0.2) is 41.2 Å². The summed E-state index contributed by atoms with van der Waals surface area (Å²) in [5.41, 5.74) is 3.83. The van der Waals surface area contributed by atoms with Gasteiger partial charge in [-0.05, 0) is 50.4 Å². The van der Waals surface area contributed by atoms with Gasteiger partial charge < -0.3 is 10.0 Å². The third-order valence-corrected chi connectivity index (χ3v) is 5.30. The maximum atomic E-state index is 11.5. The van der Waals surface area contributed by atoms with Crippen LogP contribution in [0.5, 0.6) is 0 Å². The second-order valence-corrected chi connectivity index (χ2v) is 6.84. The van der Waals surface area contributed by atoms with Crippen molar-refractivity contribution in [3.8, 4) is 0 Å². The van der Waals surface area contributed by atoms with E-state index in [1.165, 1.54) is 16.9 Å². The maximum absolute atomic E-state index is 11.5. The first-order valence-corrected chi connectivity index (χ1v) is 9.06. The molecule has 1 aliphatic heterocycles. The summed E-state index contributed by atoms with van der Waals surface area (Å²) in [5, 5.41) is 11.3. The summed E-state index contributed by atoms with van der Waals surface area (Å²) in [6.45, 7) is 2.92. The summed E-state index contributed by atoms with van der Waals surface area (Å²) in [5.74, 6) is -0.607. The van der Waals surface area contributed by atoms with Gasteiger partial charge in [0.05, 0.1) is 11.2 Å². The van der Waals surface area contributed by atoms with Gasteiger partial charge in [-0.2, -0.15) is 0 Å². The highest BCUT2D eigenvalue weighted by Crippen LogP contribution is 2.28. The van der Waals surface area contributed by atoms with Crippen LogP contribution in [0.1, 0.15) is 42.4 Å². The number of carboxylic acid groups (broad SMARTS) is 1. The quantitative estimate of drug-likeness (QED) is 0.879. The number of aliphatic carboxylic acids is 1. The van der Waals surface area contributed by atoms with Gasteiger partial charge in [-0.1, -0.05) is 30.3 Å². The molecule has 0 saturated carbocycles. The molecule has 1 fully saturated rings. The molecule has 2 aromatic rings. The second-order valence-electron chi connectivity index (χ2n) is 6.12.